The van der Waals surface area contributed by atoms with E-state index in [0.29, 0.717) is 18.4 Å². The molecule has 0 saturated carbocycles. The summed E-state index contributed by atoms with van der Waals surface area (Å²) in [5.41, 5.74) is 19.7. The number of nitrogens with one attached hydrogen (secondary N) is 4. The van der Waals surface area contributed by atoms with E-state index in [2.05, 4.69) is 25.9 Å². The molecule has 63 heavy (non-hydrogen) atoms. The Morgan fingerprint density at radius 1 is 0.698 bits per heavy atom. The average molecular weight is 864 g/mol. The van der Waals surface area contributed by atoms with Crippen LogP contribution in [-0.4, -0.2) is 118 Å². The lowest BCUT2D eigenvalue weighted by Crippen LogP contribution is -2.57. The molecule has 0 spiro atoms. The van der Waals surface area contributed by atoms with Gasteiger partial charge in [0.15, 0.2) is 5.96 Å². The fourth-order valence-electron chi connectivity index (χ4n) is 7.33. The second-order valence-electron chi connectivity index (χ2n) is 15.4. The van der Waals surface area contributed by atoms with E-state index in [0.717, 1.165) is 22.0 Å². The molecular formula is C45H57N11O7. The summed E-state index contributed by atoms with van der Waals surface area (Å²) in [5, 5.41) is 9.17. The summed E-state index contributed by atoms with van der Waals surface area (Å²) in [5.74, 6) is -4.14. The van der Waals surface area contributed by atoms with Crippen LogP contribution < -0.4 is 33.2 Å². The Morgan fingerprint density at radius 2 is 1.33 bits per heavy atom. The molecule has 1 saturated heterocycles. The van der Waals surface area contributed by atoms with Gasteiger partial charge in [-0.1, -0.05) is 78.9 Å². The number of aromatic amines is 1. The number of rotatable bonds is 12. The van der Waals surface area contributed by atoms with Crippen LogP contribution in [0.2, 0.25) is 0 Å². The van der Waals surface area contributed by atoms with Gasteiger partial charge < -0.3 is 52.8 Å². The zero-order chi connectivity index (χ0) is 45.1. The Balaban J connectivity index is 1.49. The van der Waals surface area contributed by atoms with Gasteiger partial charge in [-0.2, -0.15) is 0 Å². The summed E-state index contributed by atoms with van der Waals surface area (Å²) < 4.78 is 0. The van der Waals surface area contributed by atoms with Crippen molar-refractivity contribution < 1.29 is 33.6 Å². The Morgan fingerprint density at radius 3 is 2.00 bits per heavy atom. The van der Waals surface area contributed by atoms with Crippen LogP contribution in [0.25, 0.3) is 10.9 Å². The SMILES string of the molecule is NC(=O)CN1CCNC(=O)CCCCC(=O)N(Cc2ccccc2)CC(=O)N(Cc2ccccc2)CC(=O)N[C@@H](CCCN=C(N)N)C(=O)N[C@@H](Cc2c[nH]c3ccccc23)C1=O. The molecule has 5 rings (SSSR count). The van der Waals surface area contributed by atoms with Gasteiger partial charge in [-0.15, -0.1) is 0 Å². The van der Waals surface area contributed by atoms with Gasteiger partial charge in [-0.05, 0) is 48.4 Å². The molecule has 18 heteroatoms. The predicted molar refractivity (Wildman–Crippen MR) is 237 cm³/mol. The van der Waals surface area contributed by atoms with Crippen LogP contribution in [0.1, 0.15) is 55.2 Å². The Bertz CT molecular complexity index is 2230. The fraction of sp³-hybridized carbons (Fsp3) is 0.378. The molecule has 10 N–H and O–H groups in total. The molecule has 0 aliphatic carbocycles. The molecule has 0 bridgehead atoms. The molecule has 1 aliphatic rings. The number of hydrogen-bond donors (Lipinski definition) is 7. The summed E-state index contributed by atoms with van der Waals surface area (Å²) in [6.07, 6.45) is 2.85. The number of fused-ring (bicyclic) bond motifs is 1. The maximum Gasteiger partial charge on any atom is 0.246 e. The number of guanidine groups is 1. The van der Waals surface area contributed by atoms with E-state index >= 15 is 0 Å². The van der Waals surface area contributed by atoms with E-state index in [1.807, 2.05) is 72.8 Å². The molecule has 3 aromatic carbocycles. The van der Waals surface area contributed by atoms with Crippen molar-refractivity contribution in [2.24, 2.45) is 22.2 Å². The second-order valence-corrected chi connectivity index (χ2v) is 15.4. The number of aromatic nitrogens is 1. The third kappa shape index (κ3) is 15.0. The highest BCUT2D eigenvalue weighted by molar-refractivity contribution is 5.95. The number of primary amides is 1. The predicted octanol–water partition coefficient (Wildman–Crippen LogP) is 0.795. The highest BCUT2D eigenvalue weighted by Crippen LogP contribution is 2.20. The first kappa shape index (κ1) is 46.8. The Labute approximate surface area is 366 Å². The van der Waals surface area contributed by atoms with Crippen molar-refractivity contribution in [2.75, 3.05) is 39.3 Å². The second kappa shape index (κ2) is 23.7. The molecule has 7 amide bonds. The third-order valence-electron chi connectivity index (χ3n) is 10.5. The first-order valence-electron chi connectivity index (χ1n) is 21.0. The van der Waals surface area contributed by atoms with Crippen LogP contribution in [0.15, 0.2) is 96.1 Å². The smallest absolute Gasteiger partial charge is 0.246 e. The van der Waals surface area contributed by atoms with E-state index in [1.165, 1.54) is 14.7 Å². The molecule has 1 aliphatic heterocycles. The van der Waals surface area contributed by atoms with Gasteiger partial charge in [0, 0.05) is 69.1 Å². The summed E-state index contributed by atoms with van der Waals surface area (Å²) in [7, 11) is 0. The first-order valence-corrected chi connectivity index (χ1v) is 21.0. The number of amides is 7. The summed E-state index contributed by atoms with van der Waals surface area (Å²) >= 11 is 0. The number of H-pyrrole nitrogens is 1. The van der Waals surface area contributed by atoms with Crippen LogP contribution in [0.3, 0.4) is 0 Å². The fourth-order valence-corrected chi connectivity index (χ4v) is 7.33. The molecule has 2 heterocycles. The average Bonchev–Trinajstić information content (AvgIpc) is 3.67. The van der Waals surface area contributed by atoms with Gasteiger partial charge >= 0.3 is 0 Å². The van der Waals surface area contributed by atoms with Crippen LogP contribution in [-0.2, 0) is 53.1 Å². The Kier molecular flexibility index (Phi) is 17.6. The number of nitrogens with zero attached hydrogens (tertiary/aromatic N) is 4. The van der Waals surface area contributed by atoms with Crippen molar-refractivity contribution in [3.05, 3.63) is 108 Å². The van der Waals surface area contributed by atoms with Crippen molar-refractivity contribution in [3.8, 4) is 0 Å². The quantitative estimate of drug-likeness (QED) is 0.0602. The van der Waals surface area contributed by atoms with E-state index in [9.17, 15) is 33.6 Å². The molecule has 334 valence electrons. The normalized spacial score (nSPS) is 18.2. The van der Waals surface area contributed by atoms with Crippen molar-refractivity contribution in [1.82, 2.24) is 35.6 Å². The molecule has 0 unspecified atom stereocenters. The lowest BCUT2D eigenvalue weighted by Gasteiger charge is -2.30. The van der Waals surface area contributed by atoms with Crippen molar-refractivity contribution in [1.29, 1.82) is 0 Å². The summed E-state index contributed by atoms with van der Waals surface area (Å²) in [4.78, 5) is 107. The van der Waals surface area contributed by atoms with Crippen LogP contribution in [0.4, 0.5) is 0 Å². The monoisotopic (exact) mass is 863 g/mol. The van der Waals surface area contributed by atoms with Gasteiger partial charge in [0.05, 0.1) is 13.1 Å². The number of aliphatic imine (C=N–C) groups is 1. The van der Waals surface area contributed by atoms with Crippen molar-refractivity contribution in [3.63, 3.8) is 0 Å². The first-order chi connectivity index (χ1) is 30.4. The maximum absolute atomic E-state index is 14.4. The number of nitrogens with two attached hydrogens (primary N) is 3. The van der Waals surface area contributed by atoms with E-state index < -0.39 is 54.7 Å². The van der Waals surface area contributed by atoms with Crippen molar-refractivity contribution >= 4 is 58.2 Å². The highest BCUT2D eigenvalue weighted by Gasteiger charge is 2.32. The molecule has 1 fully saturated rings. The maximum atomic E-state index is 14.4. The van der Waals surface area contributed by atoms with Gasteiger partial charge in [-0.25, -0.2) is 0 Å². The summed E-state index contributed by atoms with van der Waals surface area (Å²) in [6.45, 7) is -1.16. The van der Waals surface area contributed by atoms with E-state index in [4.69, 9.17) is 17.2 Å². The number of carbonyl (C=O) groups excluding carboxylic acids is 7. The van der Waals surface area contributed by atoms with Gasteiger partial charge in [0.2, 0.25) is 41.4 Å². The number of para-hydroxylation sites is 1. The van der Waals surface area contributed by atoms with Gasteiger partial charge in [0.1, 0.15) is 18.6 Å². The topological polar surface area (TPSA) is 272 Å². The van der Waals surface area contributed by atoms with Gasteiger partial charge in [-0.3, -0.25) is 38.6 Å². The highest BCUT2D eigenvalue weighted by atomic mass is 16.2. The molecule has 1 aromatic heterocycles. The minimum Gasteiger partial charge on any atom is -0.370 e. The molecular weight excluding hydrogens is 807 g/mol. The molecule has 0 radical (unpaired) electrons. The molecule has 4 aromatic rings. The number of hydrogen-bond acceptors (Lipinski definition) is 8. The molecule has 2 atom stereocenters. The van der Waals surface area contributed by atoms with Crippen LogP contribution in [0.5, 0.6) is 0 Å². The Hall–Kier alpha value is -7.24. The largest absolute Gasteiger partial charge is 0.370 e. The van der Waals surface area contributed by atoms with Crippen molar-refractivity contribution in [2.45, 2.75) is 70.1 Å². The third-order valence-corrected chi connectivity index (χ3v) is 10.5. The minimum atomic E-state index is -1.26. The van der Waals surface area contributed by atoms with Gasteiger partial charge in [0.25, 0.3) is 0 Å². The lowest BCUT2D eigenvalue weighted by atomic mass is 10.0. The van der Waals surface area contributed by atoms with Crippen LogP contribution >= 0.6 is 0 Å². The number of benzene rings is 3. The summed E-state index contributed by atoms with van der Waals surface area (Å²) in [6, 6.07) is 23.2. The lowest BCUT2D eigenvalue weighted by molar-refractivity contribution is -0.143. The zero-order valence-electron chi connectivity index (χ0n) is 35.3. The van der Waals surface area contributed by atoms with E-state index in [-0.39, 0.29) is 89.1 Å². The van der Waals surface area contributed by atoms with E-state index in [1.54, 1.807) is 18.3 Å². The zero-order valence-corrected chi connectivity index (χ0v) is 35.3. The standard InChI is InChI=1S/C45H57N11O7/c46-38(57)28-54-23-22-49-39(58)19-9-10-20-41(60)56(27-32-14-5-2-6-15-32)30-42(61)55(26-31-12-3-1-4-13-31)29-40(59)52-36(18-11-21-50-45(47)48)43(62)53-37(44(54)63)24-33-25-51-35-17-8-7-16-34(33)35/h1-8,12-17,25,36-37,51H,9-11,18-24,26-30H2,(H2,46,57)(H,49,58)(H,52,59)(H,53,62)(H4,47,48,50)/t36-,37-/m0/s1. The number of carbonyl (C=O) groups is 7. The molecule has 18 nitrogen and oxygen atoms in total. The van der Waals surface area contributed by atoms with Crippen LogP contribution in [0, 0.1) is 0 Å². The minimum absolute atomic E-state index is 0.0115.